The van der Waals surface area contributed by atoms with E-state index < -0.39 is 0 Å². The van der Waals surface area contributed by atoms with E-state index in [2.05, 4.69) is 26.6 Å². The maximum atomic E-state index is 11.8. The number of amides is 2. The Hall–Kier alpha value is -1.36. The molecular weight excluding hydrogens is 320 g/mol. The summed E-state index contributed by atoms with van der Waals surface area (Å²) in [6.07, 6.45) is 4.25. The van der Waals surface area contributed by atoms with Gasteiger partial charge in [-0.25, -0.2) is 0 Å². The van der Waals surface area contributed by atoms with Crippen molar-refractivity contribution in [3.05, 3.63) is 28.2 Å². The summed E-state index contributed by atoms with van der Waals surface area (Å²) in [5, 5.41) is 5.64. The number of carbonyl (C=O) groups is 2. The molecule has 0 bridgehead atoms. The highest BCUT2D eigenvalue weighted by Gasteiger charge is 2.18. The number of hydrogen-bond donors (Lipinski definition) is 2. The molecule has 2 N–H and O–H groups in total. The predicted octanol–water partition coefficient (Wildman–Crippen LogP) is 3.14. The molecule has 0 radical (unpaired) electrons. The Balaban J connectivity index is 1.82. The molecule has 1 aliphatic carbocycles. The smallest absolute Gasteiger partial charge is 0.233 e. The average Bonchev–Trinajstić information content (AvgIpc) is 2.86. The van der Waals surface area contributed by atoms with Crippen molar-refractivity contribution in [1.29, 1.82) is 0 Å². The number of hydrogen-bond acceptors (Lipinski definition) is 2. The van der Waals surface area contributed by atoms with Crippen LogP contribution in [-0.4, -0.2) is 17.9 Å². The van der Waals surface area contributed by atoms with E-state index in [1.807, 2.05) is 25.1 Å². The summed E-state index contributed by atoms with van der Waals surface area (Å²) in [4.78, 5) is 23.5. The van der Waals surface area contributed by atoms with Gasteiger partial charge in [0, 0.05) is 16.2 Å². The predicted molar refractivity (Wildman–Crippen MR) is 82.5 cm³/mol. The highest BCUT2D eigenvalue weighted by atomic mass is 79.9. The van der Waals surface area contributed by atoms with Gasteiger partial charge in [0.25, 0.3) is 0 Å². The summed E-state index contributed by atoms with van der Waals surface area (Å²) in [6, 6.07) is 5.83. The van der Waals surface area contributed by atoms with Gasteiger partial charge < -0.3 is 10.6 Å². The van der Waals surface area contributed by atoms with Gasteiger partial charge in [-0.1, -0.05) is 34.8 Å². The van der Waals surface area contributed by atoms with Crippen LogP contribution in [0.2, 0.25) is 0 Å². The normalized spacial score (nSPS) is 15.1. The number of rotatable bonds is 4. The van der Waals surface area contributed by atoms with Crippen LogP contribution in [0.25, 0.3) is 0 Å². The first kappa shape index (κ1) is 15.0. The maximum absolute atomic E-state index is 11.8. The van der Waals surface area contributed by atoms with E-state index in [4.69, 9.17) is 0 Å². The maximum Gasteiger partial charge on any atom is 0.233 e. The van der Waals surface area contributed by atoms with Crippen molar-refractivity contribution in [3.63, 3.8) is 0 Å². The number of aryl methyl sites for hydroxylation is 1. The van der Waals surface area contributed by atoms with Gasteiger partial charge in [-0.3, -0.25) is 9.59 Å². The Morgan fingerprint density at radius 3 is 2.60 bits per heavy atom. The minimum atomic E-state index is -0.281. The standard InChI is InChI=1S/C15H19BrN2O2/c1-10-6-7-12(8-13(10)16)18-15(20)9-14(19)17-11-4-2-3-5-11/h6-8,11H,2-5,9H2,1H3,(H,17,19)(H,18,20). The summed E-state index contributed by atoms with van der Waals surface area (Å²) in [5.74, 6) is -0.475. The first-order valence-electron chi connectivity index (χ1n) is 6.90. The molecule has 108 valence electrons. The topological polar surface area (TPSA) is 58.2 Å². The Kier molecular flexibility index (Phi) is 5.17. The molecule has 0 spiro atoms. The summed E-state index contributed by atoms with van der Waals surface area (Å²) in [6.45, 7) is 1.98. The first-order valence-corrected chi connectivity index (χ1v) is 7.69. The molecule has 4 nitrogen and oxygen atoms in total. The molecule has 1 saturated carbocycles. The van der Waals surface area contributed by atoms with E-state index in [1.54, 1.807) is 0 Å². The zero-order valence-electron chi connectivity index (χ0n) is 11.5. The molecule has 2 rings (SSSR count). The monoisotopic (exact) mass is 338 g/mol. The number of halogens is 1. The molecule has 0 aliphatic heterocycles. The van der Waals surface area contributed by atoms with Crippen LogP contribution >= 0.6 is 15.9 Å². The third-order valence-corrected chi connectivity index (χ3v) is 4.35. The van der Waals surface area contributed by atoms with E-state index >= 15 is 0 Å². The van der Waals surface area contributed by atoms with E-state index in [0.29, 0.717) is 5.69 Å². The molecule has 1 aliphatic rings. The van der Waals surface area contributed by atoms with Gasteiger partial charge in [-0.15, -0.1) is 0 Å². The zero-order chi connectivity index (χ0) is 14.5. The van der Waals surface area contributed by atoms with Crippen molar-refractivity contribution >= 4 is 33.4 Å². The lowest BCUT2D eigenvalue weighted by Crippen LogP contribution is -2.35. The fourth-order valence-electron chi connectivity index (χ4n) is 2.37. The summed E-state index contributed by atoms with van der Waals surface area (Å²) < 4.78 is 0.936. The Morgan fingerprint density at radius 1 is 1.25 bits per heavy atom. The van der Waals surface area contributed by atoms with Crippen LogP contribution in [0.3, 0.4) is 0 Å². The average molecular weight is 339 g/mol. The Labute approximate surface area is 127 Å². The zero-order valence-corrected chi connectivity index (χ0v) is 13.1. The van der Waals surface area contributed by atoms with Crippen molar-refractivity contribution in [1.82, 2.24) is 5.32 Å². The van der Waals surface area contributed by atoms with Gasteiger partial charge >= 0.3 is 0 Å². The second-order valence-electron chi connectivity index (χ2n) is 5.24. The molecule has 20 heavy (non-hydrogen) atoms. The van der Waals surface area contributed by atoms with E-state index in [-0.39, 0.29) is 24.3 Å². The van der Waals surface area contributed by atoms with E-state index in [0.717, 1.165) is 35.7 Å². The van der Waals surface area contributed by atoms with Crippen molar-refractivity contribution in [2.24, 2.45) is 0 Å². The van der Waals surface area contributed by atoms with Gasteiger partial charge in [0.05, 0.1) is 0 Å². The number of nitrogens with one attached hydrogen (secondary N) is 2. The van der Waals surface area contributed by atoms with E-state index in [9.17, 15) is 9.59 Å². The van der Waals surface area contributed by atoms with Gasteiger partial charge in [-0.2, -0.15) is 0 Å². The molecule has 1 aromatic carbocycles. The molecule has 0 aromatic heterocycles. The molecule has 5 heteroatoms. The van der Waals surface area contributed by atoms with Gasteiger partial charge in [0.2, 0.25) is 11.8 Å². The largest absolute Gasteiger partial charge is 0.353 e. The van der Waals surface area contributed by atoms with Gasteiger partial charge in [0.15, 0.2) is 0 Å². The second kappa shape index (κ2) is 6.88. The number of carbonyl (C=O) groups excluding carboxylic acids is 2. The number of anilines is 1. The third kappa shape index (κ3) is 4.34. The lowest BCUT2D eigenvalue weighted by atomic mass is 10.2. The van der Waals surface area contributed by atoms with Crippen molar-refractivity contribution in [2.75, 3.05) is 5.32 Å². The highest BCUT2D eigenvalue weighted by molar-refractivity contribution is 9.10. The SMILES string of the molecule is Cc1ccc(NC(=O)CC(=O)NC2CCCC2)cc1Br. The van der Waals surface area contributed by atoms with Crippen LogP contribution in [0.5, 0.6) is 0 Å². The fourth-order valence-corrected chi connectivity index (χ4v) is 2.75. The lowest BCUT2D eigenvalue weighted by molar-refractivity contribution is -0.127. The van der Waals surface area contributed by atoms with Crippen LogP contribution in [0, 0.1) is 6.92 Å². The summed E-state index contributed by atoms with van der Waals surface area (Å²) in [5.41, 5.74) is 1.79. The van der Waals surface area contributed by atoms with Crippen molar-refractivity contribution in [3.8, 4) is 0 Å². The third-order valence-electron chi connectivity index (χ3n) is 3.50. The molecule has 2 amide bonds. The Bertz CT molecular complexity index is 511. The molecule has 0 saturated heterocycles. The van der Waals surface area contributed by atoms with Crippen LogP contribution in [0.4, 0.5) is 5.69 Å². The summed E-state index contributed by atoms with van der Waals surface area (Å²) >= 11 is 3.41. The Morgan fingerprint density at radius 2 is 1.95 bits per heavy atom. The van der Waals surface area contributed by atoms with Crippen LogP contribution in [0.15, 0.2) is 22.7 Å². The van der Waals surface area contributed by atoms with Crippen LogP contribution < -0.4 is 10.6 Å². The van der Waals surface area contributed by atoms with Crippen molar-refractivity contribution in [2.45, 2.75) is 45.1 Å². The molecule has 1 aromatic rings. The minimum absolute atomic E-state index is 0.123. The quantitative estimate of drug-likeness (QED) is 0.828. The number of benzene rings is 1. The minimum Gasteiger partial charge on any atom is -0.353 e. The molecule has 0 atom stereocenters. The molecule has 0 unspecified atom stereocenters. The highest BCUT2D eigenvalue weighted by Crippen LogP contribution is 2.21. The lowest BCUT2D eigenvalue weighted by Gasteiger charge is -2.12. The van der Waals surface area contributed by atoms with E-state index in [1.165, 1.54) is 0 Å². The molecular formula is C15H19BrN2O2. The van der Waals surface area contributed by atoms with Gasteiger partial charge in [-0.05, 0) is 37.5 Å². The second-order valence-corrected chi connectivity index (χ2v) is 6.09. The molecule has 0 heterocycles. The summed E-state index contributed by atoms with van der Waals surface area (Å²) in [7, 11) is 0. The van der Waals surface area contributed by atoms with Crippen LogP contribution in [0.1, 0.15) is 37.7 Å². The van der Waals surface area contributed by atoms with Crippen molar-refractivity contribution < 1.29 is 9.59 Å². The first-order chi connectivity index (χ1) is 9.54. The molecule has 1 fully saturated rings. The fraction of sp³-hybridized carbons (Fsp3) is 0.467. The van der Waals surface area contributed by atoms with Gasteiger partial charge in [0.1, 0.15) is 6.42 Å². The van der Waals surface area contributed by atoms with Crippen LogP contribution in [-0.2, 0) is 9.59 Å².